The Morgan fingerprint density at radius 2 is 2.00 bits per heavy atom. The summed E-state index contributed by atoms with van der Waals surface area (Å²) in [6.45, 7) is 0.287. The molecule has 0 aliphatic carbocycles. The second-order valence-corrected chi connectivity index (χ2v) is 3.35. The SMILES string of the molecule is NCCC(N)C(O)c1cc(F)ccc1F. The molecule has 1 aromatic carbocycles. The molecular formula is C10H14F2N2O. The first-order chi connectivity index (χ1) is 7.06. The highest BCUT2D eigenvalue weighted by Crippen LogP contribution is 2.21. The van der Waals surface area contributed by atoms with Crippen LogP contribution in [0.2, 0.25) is 0 Å². The molecule has 1 aromatic rings. The lowest BCUT2D eigenvalue weighted by atomic mass is 10.00. The Bertz CT molecular complexity index is 333. The van der Waals surface area contributed by atoms with Crippen LogP contribution in [0.4, 0.5) is 8.78 Å². The summed E-state index contributed by atoms with van der Waals surface area (Å²) in [6, 6.07) is 2.20. The van der Waals surface area contributed by atoms with Gasteiger partial charge < -0.3 is 16.6 Å². The van der Waals surface area contributed by atoms with Gasteiger partial charge in [-0.15, -0.1) is 0 Å². The summed E-state index contributed by atoms with van der Waals surface area (Å²) >= 11 is 0. The van der Waals surface area contributed by atoms with Gasteiger partial charge in [-0.1, -0.05) is 0 Å². The van der Waals surface area contributed by atoms with E-state index in [2.05, 4.69) is 0 Å². The van der Waals surface area contributed by atoms with Gasteiger partial charge in [-0.05, 0) is 31.2 Å². The van der Waals surface area contributed by atoms with Gasteiger partial charge in [0.2, 0.25) is 0 Å². The summed E-state index contributed by atoms with van der Waals surface area (Å²) < 4.78 is 26.0. The van der Waals surface area contributed by atoms with Gasteiger partial charge in [-0.2, -0.15) is 0 Å². The first kappa shape index (κ1) is 12.0. The standard InChI is InChI=1S/C10H14F2N2O/c11-6-1-2-8(12)7(5-6)10(15)9(14)3-4-13/h1-2,5,9-10,15H,3-4,13-14H2. The number of rotatable bonds is 4. The smallest absolute Gasteiger partial charge is 0.129 e. The molecule has 0 amide bonds. The van der Waals surface area contributed by atoms with E-state index in [9.17, 15) is 13.9 Å². The maximum Gasteiger partial charge on any atom is 0.129 e. The predicted molar refractivity (Wildman–Crippen MR) is 53.0 cm³/mol. The summed E-state index contributed by atoms with van der Waals surface area (Å²) in [4.78, 5) is 0. The van der Waals surface area contributed by atoms with Gasteiger partial charge in [-0.3, -0.25) is 0 Å². The zero-order valence-electron chi connectivity index (χ0n) is 8.16. The lowest BCUT2D eigenvalue weighted by Gasteiger charge is -2.18. The van der Waals surface area contributed by atoms with Crippen LogP contribution >= 0.6 is 0 Å². The number of benzene rings is 1. The van der Waals surface area contributed by atoms with Crippen molar-refractivity contribution in [3.8, 4) is 0 Å². The fourth-order valence-electron chi connectivity index (χ4n) is 1.32. The molecule has 2 unspecified atom stereocenters. The van der Waals surface area contributed by atoms with Crippen molar-refractivity contribution < 1.29 is 13.9 Å². The number of hydrogen-bond acceptors (Lipinski definition) is 3. The Morgan fingerprint density at radius 3 is 2.60 bits per heavy atom. The van der Waals surface area contributed by atoms with Gasteiger partial charge in [0, 0.05) is 11.6 Å². The van der Waals surface area contributed by atoms with Gasteiger partial charge in [-0.25, -0.2) is 8.78 Å². The van der Waals surface area contributed by atoms with Crippen molar-refractivity contribution in [2.45, 2.75) is 18.6 Å². The van der Waals surface area contributed by atoms with Crippen LogP contribution in [-0.2, 0) is 0 Å². The third kappa shape index (κ3) is 2.95. The highest BCUT2D eigenvalue weighted by molar-refractivity contribution is 5.22. The maximum absolute atomic E-state index is 13.2. The molecule has 0 saturated heterocycles. The maximum atomic E-state index is 13.2. The molecule has 1 rings (SSSR count). The van der Waals surface area contributed by atoms with Crippen molar-refractivity contribution in [2.24, 2.45) is 11.5 Å². The highest BCUT2D eigenvalue weighted by Gasteiger charge is 2.20. The molecule has 0 aromatic heterocycles. The zero-order chi connectivity index (χ0) is 11.4. The Hall–Kier alpha value is -1.04. The molecule has 0 fully saturated rings. The van der Waals surface area contributed by atoms with Gasteiger partial charge in [0.1, 0.15) is 11.6 Å². The Labute approximate surface area is 86.7 Å². The van der Waals surface area contributed by atoms with Crippen LogP contribution in [0.5, 0.6) is 0 Å². The molecule has 0 bridgehead atoms. The van der Waals surface area contributed by atoms with Crippen molar-refractivity contribution in [1.82, 2.24) is 0 Å². The Balaban J connectivity index is 2.89. The van der Waals surface area contributed by atoms with Gasteiger partial charge in [0.05, 0.1) is 6.10 Å². The van der Waals surface area contributed by atoms with Crippen molar-refractivity contribution in [3.63, 3.8) is 0 Å². The molecule has 2 atom stereocenters. The van der Waals surface area contributed by atoms with Crippen molar-refractivity contribution >= 4 is 0 Å². The Kier molecular flexibility index (Phi) is 4.14. The largest absolute Gasteiger partial charge is 0.387 e. The Morgan fingerprint density at radius 1 is 1.33 bits per heavy atom. The summed E-state index contributed by atoms with van der Waals surface area (Å²) in [5, 5.41) is 9.64. The topological polar surface area (TPSA) is 72.3 Å². The van der Waals surface area contributed by atoms with Gasteiger partial charge >= 0.3 is 0 Å². The fraction of sp³-hybridized carbons (Fsp3) is 0.400. The second kappa shape index (κ2) is 5.16. The summed E-state index contributed by atoms with van der Waals surface area (Å²) in [6.07, 6.45) is -0.888. The van der Waals surface area contributed by atoms with Crippen LogP contribution in [0.25, 0.3) is 0 Å². The van der Waals surface area contributed by atoms with E-state index in [1.165, 1.54) is 0 Å². The van der Waals surface area contributed by atoms with E-state index in [0.29, 0.717) is 6.42 Å². The van der Waals surface area contributed by atoms with E-state index in [-0.39, 0.29) is 12.1 Å². The van der Waals surface area contributed by atoms with E-state index < -0.39 is 23.8 Å². The van der Waals surface area contributed by atoms with Crippen molar-refractivity contribution in [2.75, 3.05) is 6.54 Å². The fourth-order valence-corrected chi connectivity index (χ4v) is 1.32. The normalized spacial score (nSPS) is 15.0. The van der Waals surface area contributed by atoms with Crippen LogP contribution in [0, 0.1) is 11.6 Å². The molecule has 0 radical (unpaired) electrons. The number of nitrogens with two attached hydrogens (primary N) is 2. The lowest BCUT2D eigenvalue weighted by Crippen LogP contribution is -2.31. The van der Waals surface area contributed by atoms with Crippen LogP contribution in [0.1, 0.15) is 18.1 Å². The molecule has 0 aliphatic rings. The van der Waals surface area contributed by atoms with E-state index in [1.807, 2.05) is 0 Å². The van der Waals surface area contributed by atoms with Crippen LogP contribution in [0.3, 0.4) is 0 Å². The van der Waals surface area contributed by atoms with Gasteiger partial charge in [0.25, 0.3) is 0 Å². The minimum atomic E-state index is -1.23. The first-order valence-electron chi connectivity index (χ1n) is 4.65. The molecule has 0 saturated carbocycles. The highest BCUT2D eigenvalue weighted by atomic mass is 19.1. The number of aliphatic hydroxyl groups is 1. The zero-order valence-corrected chi connectivity index (χ0v) is 8.16. The number of halogens is 2. The average Bonchev–Trinajstić information content (AvgIpc) is 2.21. The molecule has 5 heteroatoms. The number of hydrogen-bond donors (Lipinski definition) is 3. The second-order valence-electron chi connectivity index (χ2n) is 3.35. The predicted octanol–water partition coefficient (Wildman–Crippen LogP) is 0.674. The molecule has 15 heavy (non-hydrogen) atoms. The molecule has 3 nitrogen and oxygen atoms in total. The lowest BCUT2D eigenvalue weighted by molar-refractivity contribution is 0.138. The minimum absolute atomic E-state index is 0.129. The quantitative estimate of drug-likeness (QED) is 0.692. The summed E-state index contributed by atoms with van der Waals surface area (Å²) in [5.74, 6) is -1.28. The molecular weight excluding hydrogens is 202 g/mol. The van der Waals surface area contributed by atoms with Crippen LogP contribution in [-0.4, -0.2) is 17.7 Å². The van der Waals surface area contributed by atoms with Crippen molar-refractivity contribution in [3.05, 3.63) is 35.4 Å². The van der Waals surface area contributed by atoms with Crippen molar-refractivity contribution in [1.29, 1.82) is 0 Å². The molecule has 5 N–H and O–H groups in total. The molecule has 84 valence electrons. The summed E-state index contributed by atoms with van der Waals surface area (Å²) in [7, 11) is 0. The average molecular weight is 216 g/mol. The van der Waals surface area contributed by atoms with E-state index in [0.717, 1.165) is 18.2 Å². The first-order valence-corrected chi connectivity index (χ1v) is 4.65. The molecule has 0 heterocycles. The summed E-state index contributed by atoms with van der Waals surface area (Å²) in [5.41, 5.74) is 10.7. The van der Waals surface area contributed by atoms with Crippen LogP contribution < -0.4 is 11.5 Å². The van der Waals surface area contributed by atoms with E-state index >= 15 is 0 Å². The van der Waals surface area contributed by atoms with E-state index in [4.69, 9.17) is 11.5 Å². The van der Waals surface area contributed by atoms with E-state index in [1.54, 1.807) is 0 Å². The number of aliphatic hydroxyl groups excluding tert-OH is 1. The third-order valence-electron chi connectivity index (χ3n) is 2.18. The van der Waals surface area contributed by atoms with Crippen LogP contribution in [0.15, 0.2) is 18.2 Å². The molecule has 0 aliphatic heterocycles. The monoisotopic (exact) mass is 216 g/mol. The molecule has 0 spiro atoms. The minimum Gasteiger partial charge on any atom is -0.387 e. The van der Waals surface area contributed by atoms with Gasteiger partial charge in [0.15, 0.2) is 0 Å². The third-order valence-corrected chi connectivity index (χ3v) is 2.18.